The summed E-state index contributed by atoms with van der Waals surface area (Å²) in [5, 5.41) is 0. The Bertz CT molecular complexity index is 735. The van der Waals surface area contributed by atoms with Crippen LogP contribution in [-0.2, 0) is 38.2 Å². The van der Waals surface area contributed by atoms with Gasteiger partial charge >= 0.3 is 23.9 Å². The fourth-order valence-corrected chi connectivity index (χ4v) is 4.01. The van der Waals surface area contributed by atoms with Gasteiger partial charge in [-0.25, -0.2) is 9.59 Å². The maximum absolute atomic E-state index is 12.7. The molecule has 184 valence electrons. The smallest absolute Gasteiger partial charge is 0.337 e. The van der Waals surface area contributed by atoms with Gasteiger partial charge < -0.3 is 15.2 Å². The summed E-state index contributed by atoms with van der Waals surface area (Å²) in [5.41, 5.74) is 5.82. The molecule has 0 aliphatic carbocycles. The van der Waals surface area contributed by atoms with Gasteiger partial charge in [0.2, 0.25) is 11.8 Å². The standard InChI is InChI=1S/C23H34N2O8/c24-16-15-17(25-18(26)13-14-19(25)27)23(31)33-21(29)12-10-8-6-4-2-1-3-5-7-9-11-20(28)32-22(16)30/h16-17H,1-15,24H2/t16-,17?/m0/s1. The van der Waals surface area contributed by atoms with Crippen molar-refractivity contribution in [3.63, 3.8) is 0 Å². The number of carbonyl (C=O) groups excluding carboxylic acids is 6. The lowest BCUT2D eigenvalue weighted by molar-refractivity contribution is -0.168. The highest BCUT2D eigenvalue weighted by atomic mass is 16.6. The molecule has 2 rings (SSSR count). The topological polar surface area (TPSA) is 150 Å². The first-order valence-corrected chi connectivity index (χ1v) is 11.9. The molecule has 10 nitrogen and oxygen atoms in total. The molecule has 0 aromatic heterocycles. The third-order valence-electron chi connectivity index (χ3n) is 5.89. The van der Waals surface area contributed by atoms with Crippen molar-refractivity contribution < 1.29 is 38.2 Å². The Morgan fingerprint density at radius 1 is 0.576 bits per heavy atom. The van der Waals surface area contributed by atoms with Gasteiger partial charge in [-0.15, -0.1) is 0 Å². The van der Waals surface area contributed by atoms with E-state index in [4.69, 9.17) is 15.2 Å². The Hall–Kier alpha value is -2.62. The van der Waals surface area contributed by atoms with E-state index in [-0.39, 0.29) is 25.7 Å². The molecule has 0 saturated carbocycles. The van der Waals surface area contributed by atoms with Gasteiger partial charge in [0.25, 0.3) is 0 Å². The Morgan fingerprint density at radius 3 is 1.42 bits per heavy atom. The molecule has 0 spiro atoms. The number of cyclic esters (lactones) is 4. The summed E-state index contributed by atoms with van der Waals surface area (Å²) >= 11 is 0. The SMILES string of the molecule is N[C@H]1CC(N2C(=O)CCC2=O)C(=O)OC(=O)CCCCCCCCCCCCC(=O)OC1=O. The van der Waals surface area contributed by atoms with Crippen LogP contribution in [0.15, 0.2) is 0 Å². The van der Waals surface area contributed by atoms with E-state index in [2.05, 4.69) is 0 Å². The van der Waals surface area contributed by atoms with E-state index < -0.39 is 54.2 Å². The minimum Gasteiger partial charge on any atom is -0.392 e. The fourth-order valence-electron chi connectivity index (χ4n) is 4.01. The van der Waals surface area contributed by atoms with Gasteiger partial charge in [-0.05, 0) is 12.8 Å². The van der Waals surface area contributed by atoms with Crippen molar-refractivity contribution in [2.75, 3.05) is 0 Å². The second-order valence-electron chi connectivity index (χ2n) is 8.64. The third-order valence-corrected chi connectivity index (χ3v) is 5.89. The molecule has 33 heavy (non-hydrogen) atoms. The Balaban J connectivity index is 2.09. The largest absolute Gasteiger partial charge is 0.392 e. The Morgan fingerprint density at radius 2 is 0.970 bits per heavy atom. The lowest BCUT2D eigenvalue weighted by Crippen LogP contribution is -2.50. The number of ether oxygens (including phenoxy) is 2. The van der Waals surface area contributed by atoms with Crippen molar-refractivity contribution in [2.45, 2.75) is 108 Å². The highest BCUT2D eigenvalue weighted by Gasteiger charge is 2.42. The molecule has 2 atom stereocenters. The van der Waals surface area contributed by atoms with E-state index in [1.807, 2.05) is 0 Å². The predicted molar refractivity (Wildman–Crippen MR) is 115 cm³/mol. The zero-order chi connectivity index (χ0) is 24.2. The Kier molecular flexibility index (Phi) is 11.2. The number of imide groups is 1. The monoisotopic (exact) mass is 466 g/mol. The first-order valence-electron chi connectivity index (χ1n) is 11.9. The average molecular weight is 467 g/mol. The molecule has 10 heteroatoms. The lowest BCUT2D eigenvalue weighted by Gasteiger charge is -2.25. The molecule has 2 fully saturated rings. The van der Waals surface area contributed by atoms with Gasteiger partial charge in [0.1, 0.15) is 12.1 Å². The zero-order valence-corrected chi connectivity index (χ0v) is 19.1. The number of rotatable bonds is 1. The number of hydrogen-bond donors (Lipinski definition) is 1. The van der Waals surface area contributed by atoms with E-state index in [1.54, 1.807) is 0 Å². The molecular formula is C23H34N2O8. The van der Waals surface area contributed by atoms with Crippen LogP contribution < -0.4 is 5.73 Å². The highest BCUT2D eigenvalue weighted by Crippen LogP contribution is 2.21. The molecule has 0 bridgehead atoms. The first kappa shape index (κ1) is 26.6. The number of hydrogen-bond acceptors (Lipinski definition) is 9. The summed E-state index contributed by atoms with van der Waals surface area (Å²) in [4.78, 5) is 74.0. The summed E-state index contributed by atoms with van der Waals surface area (Å²) in [7, 11) is 0. The molecule has 0 aromatic carbocycles. The molecule has 2 aliphatic heterocycles. The zero-order valence-electron chi connectivity index (χ0n) is 19.1. The molecular weight excluding hydrogens is 432 g/mol. The van der Waals surface area contributed by atoms with Crippen molar-refractivity contribution in [1.82, 2.24) is 4.90 Å². The number of nitrogens with two attached hydrogens (primary N) is 1. The van der Waals surface area contributed by atoms with Crippen LogP contribution in [0, 0.1) is 0 Å². The van der Waals surface area contributed by atoms with Crippen LogP contribution in [0.4, 0.5) is 0 Å². The van der Waals surface area contributed by atoms with Crippen LogP contribution in [0.2, 0.25) is 0 Å². The van der Waals surface area contributed by atoms with Crippen molar-refractivity contribution in [3.05, 3.63) is 0 Å². The number of likely N-dealkylation sites (tertiary alicyclic amines) is 1. The van der Waals surface area contributed by atoms with Crippen LogP contribution in [0.3, 0.4) is 0 Å². The van der Waals surface area contributed by atoms with Crippen molar-refractivity contribution >= 4 is 35.7 Å². The molecule has 2 N–H and O–H groups in total. The molecule has 0 radical (unpaired) electrons. The number of nitrogens with zero attached hydrogens (tertiary/aromatic N) is 1. The normalized spacial score (nSPS) is 26.5. The van der Waals surface area contributed by atoms with Gasteiger partial charge in [-0.2, -0.15) is 0 Å². The summed E-state index contributed by atoms with van der Waals surface area (Å²) in [6, 6.07) is -3.00. The van der Waals surface area contributed by atoms with Gasteiger partial charge in [0, 0.05) is 32.1 Å². The Labute approximate surface area is 193 Å². The van der Waals surface area contributed by atoms with E-state index in [0.717, 1.165) is 51.4 Å². The second kappa shape index (κ2) is 13.8. The van der Waals surface area contributed by atoms with Crippen LogP contribution >= 0.6 is 0 Å². The molecule has 2 saturated heterocycles. The number of carbonyl (C=O) groups is 6. The van der Waals surface area contributed by atoms with E-state index in [0.29, 0.717) is 17.7 Å². The van der Waals surface area contributed by atoms with Crippen molar-refractivity contribution in [2.24, 2.45) is 5.73 Å². The molecule has 1 unspecified atom stereocenters. The summed E-state index contributed by atoms with van der Waals surface area (Å²) in [5.74, 6) is -4.89. The van der Waals surface area contributed by atoms with Crippen LogP contribution in [0.5, 0.6) is 0 Å². The summed E-state index contributed by atoms with van der Waals surface area (Å²) < 4.78 is 9.65. The number of amides is 2. The average Bonchev–Trinajstić information content (AvgIpc) is 3.09. The molecule has 2 heterocycles. The predicted octanol–water partition coefficient (Wildman–Crippen LogP) is 2.06. The lowest BCUT2D eigenvalue weighted by atomic mass is 10.1. The molecule has 0 aromatic rings. The van der Waals surface area contributed by atoms with Gasteiger partial charge in [-0.3, -0.25) is 24.1 Å². The van der Waals surface area contributed by atoms with Gasteiger partial charge in [0.05, 0.1) is 0 Å². The van der Waals surface area contributed by atoms with Gasteiger partial charge in [-0.1, -0.05) is 51.4 Å². The van der Waals surface area contributed by atoms with Gasteiger partial charge in [0.15, 0.2) is 0 Å². The van der Waals surface area contributed by atoms with Crippen molar-refractivity contribution in [1.29, 1.82) is 0 Å². The van der Waals surface area contributed by atoms with Crippen LogP contribution in [0.25, 0.3) is 0 Å². The van der Waals surface area contributed by atoms with Crippen LogP contribution in [0.1, 0.15) is 96.3 Å². The number of esters is 4. The third kappa shape index (κ3) is 9.03. The summed E-state index contributed by atoms with van der Waals surface area (Å²) in [6.07, 6.45) is 8.55. The maximum Gasteiger partial charge on any atom is 0.337 e. The molecule has 2 aliphatic rings. The van der Waals surface area contributed by atoms with Crippen LogP contribution in [-0.4, -0.2) is 52.7 Å². The second-order valence-corrected chi connectivity index (χ2v) is 8.64. The van der Waals surface area contributed by atoms with E-state index in [9.17, 15) is 28.8 Å². The fraction of sp³-hybridized carbons (Fsp3) is 0.739. The minimum absolute atomic E-state index is 0.0307. The summed E-state index contributed by atoms with van der Waals surface area (Å²) in [6.45, 7) is 0. The first-order chi connectivity index (χ1) is 15.8. The van der Waals surface area contributed by atoms with E-state index >= 15 is 0 Å². The minimum atomic E-state index is -1.54. The van der Waals surface area contributed by atoms with Crippen molar-refractivity contribution in [3.8, 4) is 0 Å². The molecule has 2 amide bonds. The quantitative estimate of drug-likeness (QED) is 0.348. The van der Waals surface area contributed by atoms with E-state index in [1.165, 1.54) is 0 Å². The highest BCUT2D eigenvalue weighted by molar-refractivity contribution is 6.06. The maximum atomic E-state index is 12.7.